The van der Waals surface area contributed by atoms with Gasteiger partial charge in [0, 0.05) is 0 Å². The van der Waals surface area contributed by atoms with Gasteiger partial charge >= 0.3 is 12.0 Å². The van der Waals surface area contributed by atoms with Crippen molar-refractivity contribution in [1.29, 1.82) is 0 Å². The molecule has 15 heavy (non-hydrogen) atoms. The minimum Gasteiger partial charge on any atom is -0.467 e. The molecule has 2 aromatic rings. The number of thiophene rings is 1. The zero-order chi connectivity index (χ0) is 10.7. The maximum absolute atomic E-state index is 4.96. The molecule has 78 valence electrons. The predicted molar refractivity (Wildman–Crippen MR) is 56.2 cm³/mol. The molecule has 0 bridgehead atoms. The van der Waals surface area contributed by atoms with Crippen LogP contribution in [0.5, 0.6) is 12.0 Å². The van der Waals surface area contributed by atoms with Crippen molar-refractivity contribution in [3.8, 4) is 22.7 Å². The molecule has 6 heteroatoms. The van der Waals surface area contributed by atoms with Crippen molar-refractivity contribution in [2.45, 2.75) is 0 Å². The summed E-state index contributed by atoms with van der Waals surface area (Å²) in [6.07, 6.45) is 0. The molecule has 0 aliphatic heterocycles. The van der Waals surface area contributed by atoms with Crippen LogP contribution in [0.1, 0.15) is 0 Å². The summed E-state index contributed by atoms with van der Waals surface area (Å²) in [6, 6.07) is 4.37. The highest BCUT2D eigenvalue weighted by Gasteiger charge is 2.09. The van der Waals surface area contributed by atoms with Gasteiger partial charge in [-0.1, -0.05) is 6.07 Å². The SMILES string of the molecule is COc1nc(OC)nc(-c2cccs2)n1. The average molecular weight is 223 g/mol. The summed E-state index contributed by atoms with van der Waals surface area (Å²) in [4.78, 5) is 13.1. The van der Waals surface area contributed by atoms with Crippen molar-refractivity contribution < 1.29 is 9.47 Å². The quantitative estimate of drug-likeness (QED) is 0.791. The Morgan fingerprint density at radius 2 is 1.73 bits per heavy atom. The standard InChI is InChI=1S/C9H9N3O2S/c1-13-8-10-7(6-4-3-5-15-6)11-9(12-8)14-2/h3-5H,1-2H3. The van der Waals surface area contributed by atoms with Crippen LogP contribution in [0.15, 0.2) is 17.5 Å². The molecular weight excluding hydrogens is 214 g/mol. The second kappa shape index (κ2) is 4.22. The number of methoxy groups -OCH3 is 2. The third-order valence-electron chi connectivity index (χ3n) is 1.70. The number of hydrogen-bond acceptors (Lipinski definition) is 6. The monoisotopic (exact) mass is 223 g/mol. The number of aromatic nitrogens is 3. The van der Waals surface area contributed by atoms with E-state index in [1.54, 1.807) is 11.3 Å². The van der Waals surface area contributed by atoms with E-state index in [1.807, 2.05) is 17.5 Å². The lowest BCUT2D eigenvalue weighted by atomic mass is 10.4. The van der Waals surface area contributed by atoms with E-state index in [4.69, 9.17) is 9.47 Å². The maximum Gasteiger partial charge on any atom is 0.322 e. The Morgan fingerprint density at radius 1 is 1.07 bits per heavy atom. The van der Waals surface area contributed by atoms with Crippen molar-refractivity contribution >= 4 is 11.3 Å². The van der Waals surface area contributed by atoms with Crippen LogP contribution in [0.2, 0.25) is 0 Å². The van der Waals surface area contributed by atoms with Gasteiger partial charge in [0.15, 0.2) is 5.82 Å². The first-order valence-corrected chi connectivity index (χ1v) is 5.09. The van der Waals surface area contributed by atoms with E-state index in [9.17, 15) is 0 Å². The molecule has 0 amide bonds. The lowest BCUT2D eigenvalue weighted by Crippen LogP contribution is -2.00. The van der Waals surface area contributed by atoms with Crippen molar-refractivity contribution in [2.24, 2.45) is 0 Å². The zero-order valence-electron chi connectivity index (χ0n) is 8.30. The number of nitrogens with zero attached hydrogens (tertiary/aromatic N) is 3. The van der Waals surface area contributed by atoms with Gasteiger partial charge in [-0.3, -0.25) is 0 Å². The molecule has 0 N–H and O–H groups in total. The van der Waals surface area contributed by atoms with Crippen LogP contribution in [-0.2, 0) is 0 Å². The van der Waals surface area contributed by atoms with Gasteiger partial charge in [0.25, 0.3) is 0 Å². The molecule has 0 spiro atoms. The van der Waals surface area contributed by atoms with Gasteiger partial charge in [-0.05, 0) is 11.4 Å². The van der Waals surface area contributed by atoms with E-state index in [2.05, 4.69) is 15.0 Å². The molecule has 0 atom stereocenters. The van der Waals surface area contributed by atoms with Gasteiger partial charge in [0.05, 0.1) is 19.1 Å². The summed E-state index contributed by atoms with van der Waals surface area (Å²) in [5.74, 6) is 0.564. The Kier molecular flexibility index (Phi) is 2.77. The maximum atomic E-state index is 4.96. The van der Waals surface area contributed by atoms with E-state index in [1.165, 1.54) is 14.2 Å². The lowest BCUT2D eigenvalue weighted by molar-refractivity contribution is 0.341. The summed E-state index contributed by atoms with van der Waals surface area (Å²) < 4.78 is 9.92. The average Bonchev–Trinajstić information content (AvgIpc) is 2.81. The first-order chi connectivity index (χ1) is 7.33. The highest BCUT2D eigenvalue weighted by atomic mass is 32.1. The van der Waals surface area contributed by atoms with Gasteiger partial charge in [-0.15, -0.1) is 16.3 Å². The highest BCUT2D eigenvalue weighted by molar-refractivity contribution is 7.13. The molecular formula is C9H9N3O2S. The Bertz CT molecular complexity index is 422. The molecule has 5 nitrogen and oxygen atoms in total. The predicted octanol–water partition coefficient (Wildman–Crippen LogP) is 1.62. The summed E-state index contributed by atoms with van der Waals surface area (Å²) >= 11 is 1.55. The van der Waals surface area contributed by atoms with Crippen molar-refractivity contribution in [3.05, 3.63) is 17.5 Å². The van der Waals surface area contributed by atoms with Gasteiger partial charge in [-0.25, -0.2) is 0 Å². The van der Waals surface area contributed by atoms with Gasteiger partial charge in [0.2, 0.25) is 0 Å². The normalized spacial score (nSPS) is 10.0. The minimum atomic E-state index is 0.255. The van der Waals surface area contributed by atoms with E-state index in [0.717, 1.165) is 4.88 Å². The van der Waals surface area contributed by atoms with Gasteiger partial charge in [0.1, 0.15) is 0 Å². The fourth-order valence-electron chi connectivity index (χ4n) is 1.04. The molecule has 2 rings (SSSR count). The molecule has 2 aromatic heterocycles. The third kappa shape index (κ3) is 2.04. The second-order valence-corrected chi connectivity index (χ2v) is 3.56. The first-order valence-electron chi connectivity index (χ1n) is 4.21. The lowest BCUT2D eigenvalue weighted by Gasteiger charge is -2.02. The van der Waals surface area contributed by atoms with Crippen molar-refractivity contribution in [1.82, 2.24) is 15.0 Å². The molecule has 0 fully saturated rings. The second-order valence-electron chi connectivity index (χ2n) is 2.61. The van der Waals surface area contributed by atoms with Crippen LogP contribution in [0.4, 0.5) is 0 Å². The zero-order valence-corrected chi connectivity index (χ0v) is 9.11. The fourth-order valence-corrected chi connectivity index (χ4v) is 1.69. The number of hydrogen-bond donors (Lipinski definition) is 0. The number of rotatable bonds is 3. The fraction of sp³-hybridized carbons (Fsp3) is 0.222. The van der Waals surface area contributed by atoms with E-state index >= 15 is 0 Å². The van der Waals surface area contributed by atoms with Gasteiger partial charge in [-0.2, -0.15) is 9.97 Å². The van der Waals surface area contributed by atoms with Crippen LogP contribution in [0.3, 0.4) is 0 Å². The van der Waals surface area contributed by atoms with Crippen LogP contribution < -0.4 is 9.47 Å². The Labute approximate surface area is 90.7 Å². The first kappa shape index (κ1) is 9.85. The van der Waals surface area contributed by atoms with Crippen LogP contribution in [0, 0.1) is 0 Å². The summed E-state index contributed by atoms with van der Waals surface area (Å²) in [7, 11) is 3.01. The molecule has 2 heterocycles. The molecule has 0 radical (unpaired) electrons. The third-order valence-corrected chi connectivity index (χ3v) is 2.57. The van der Waals surface area contributed by atoms with E-state index in [-0.39, 0.29) is 12.0 Å². The van der Waals surface area contributed by atoms with Crippen molar-refractivity contribution in [2.75, 3.05) is 14.2 Å². The Morgan fingerprint density at radius 3 is 2.20 bits per heavy atom. The molecule has 0 saturated carbocycles. The topological polar surface area (TPSA) is 57.1 Å². The Balaban J connectivity index is 2.47. The molecule has 0 saturated heterocycles. The molecule has 0 aliphatic carbocycles. The highest BCUT2D eigenvalue weighted by Crippen LogP contribution is 2.23. The van der Waals surface area contributed by atoms with Crippen LogP contribution in [0.25, 0.3) is 10.7 Å². The van der Waals surface area contributed by atoms with Crippen LogP contribution >= 0.6 is 11.3 Å². The molecule has 0 unspecified atom stereocenters. The smallest absolute Gasteiger partial charge is 0.322 e. The summed E-state index contributed by atoms with van der Waals surface area (Å²) in [6.45, 7) is 0. The Hall–Kier alpha value is -1.69. The molecule has 0 aliphatic rings. The van der Waals surface area contributed by atoms with E-state index < -0.39 is 0 Å². The van der Waals surface area contributed by atoms with Gasteiger partial charge < -0.3 is 9.47 Å². The summed E-state index contributed by atoms with van der Waals surface area (Å²) in [5.41, 5.74) is 0. The van der Waals surface area contributed by atoms with Crippen molar-refractivity contribution in [3.63, 3.8) is 0 Å². The summed E-state index contributed by atoms with van der Waals surface area (Å²) in [5, 5.41) is 1.96. The number of ether oxygens (including phenoxy) is 2. The largest absolute Gasteiger partial charge is 0.467 e. The van der Waals surface area contributed by atoms with Crippen LogP contribution in [-0.4, -0.2) is 29.2 Å². The minimum absolute atomic E-state index is 0.255. The van der Waals surface area contributed by atoms with E-state index in [0.29, 0.717) is 5.82 Å². The molecule has 0 aromatic carbocycles.